The van der Waals surface area contributed by atoms with Crippen LogP contribution in [-0.4, -0.2) is 34.9 Å². The van der Waals surface area contributed by atoms with E-state index in [1.54, 1.807) is 0 Å². The standard InChI is InChI=1S/C7H12O5/c1-7(11,6(10)12-2)4-3-5(8)9/h11H,3-4H2,1-2H3,(H,8,9). The molecule has 0 radical (unpaired) electrons. The molecule has 0 bridgehead atoms. The van der Waals surface area contributed by atoms with Gasteiger partial charge < -0.3 is 14.9 Å². The van der Waals surface area contributed by atoms with E-state index in [-0.39, 0.29) is 12.8 Å². The maximum Gasteiger partial charge on any atom is 0.337 e. The van der Waals surface area contributed by atoms with E-state index in [4.69, 9.17) is 5.11 Å². The summed E-state index contributed by atoms with van der Waals surface area (Å²) in [6.45, 7) is 1.22. The number of carboxylic acid groups (broad SMARTS) is 1. The van der Waals surface area contributed by atoms with Gasteiger partial charge in [0.1, 0.15) is 0 Å². The van der Waals surface area contributed by atoms with Crippen LogP contribution in [0.25, 0.3) is 0 Å². The Morgan fingerprint density at radius 1 is 1.50 bits per heavy atom. The second-order valence-corrected chi connectivity index (χ2v) is 2.66. The SMILES string of the molecule is COC(=O)C(C)(O)CCC(=O)O. The summed E-state index contributed by atoms with van der Waals surface area (Å²) in [5.41, 5.74) is -1.70. The monoisotopic (exact) mass is 176 g/mol. The molecule has 0 aliphatic heterocycles. The summed E-state index contributed by atoms with van der Waals surface area (Å²) in [7, 11) is 1.14. The van der Waals surface area contributed by atoms with Crippen LogP contribution in [-0.2, 0) is 14.3 Å². The highest BCUT2D eigenvalue weighted by Crippen LogP contribution is 2.13. The Labute approximate surface area is 70.0 Å². The number of aliphatic carboxylic acids is 1. The minimum atomic E-state index is -1.70. The Hall–Kier alpha value is -1.10. The van der Waals surface area contributed by atoms with Gasteiger partial charge in [-0.1, -0.05) is 0 Å². The van der Waals surface area contributed by atoms with Crippen molar-refractivity contribution >= 4 is 11.9 Å². The van der Waals surface area contributed by atoms with Crippen molar-refractivity contribution in [3.05, 3.63) is 0 Å². The van der Waals surface area contributed by atoms with Crippen molar-refractivity contribution in [3.63, 3.8) is 0 Å². The second kappa shape index (κ2) is 4.06. The van der Waals surface area contributed by atoms with E-state index in [1.807, 2.05) is 0 Å². The fraction of sp³-hybridized carbons (Fsp3) is 0.714. The minimum absolute atomic E-state index is 0.144. The van der Waals surface area contributed by atoms with Gasteiger partial charge in [-0.3, -0.25) is 4.79 Å². The Morgan fingerprint density at radius 2 is 2.00 bits per heavy atom. The lowest BCUT2D eigenvalue weighted by Gasteiger charge is -2.18. The normalized spacial score (nSPS) is 14.9. The predicted molar refractivity (Wildman–Crippen MR) is 39.5 cm³/mol. The molecule has 0 aliphatic carbocycles. The number of carbonyl (C=O) groups excluding carboxylic acids is 1. The average molecular weight is 176 g/mol. The molecule has 5 heteroatoms. The number of aliphatic hydroxyl groups is 1. The molecule has 0 fully saturated rings. The first-order chi connectivity index (χ1) is 5.40. The third-order valence-electron chi connectivity index (χ3n) is 1.45. The summed E-state index contributed by atoms with van der Waals surface area (Å²) in [5.74, 6) is -1.87. The number of carbonyl (C=O) groups is 2. The Balaban J connectivity index is 4.03. The van der Waals surface area contributed by atoms with Crippen molar-refractivity contribution in [1.29, 1.82) is 0 Å². The lowest BCUT2D eigenvalue weighted by Crippen LogP contribution is -2.36. The van der Waals surface area contributed by atoms with E-state index < -0.39 is 17.5 Å². The number of rotatable bonds is 4. The molecule has 0 spiro atoms. The fourth-order valence-electron chi connectivity index (χ4n) is 0.672. The summed E-state index contributed by atoms with van der Waals surface area (Å²) >= 11 is 0. The molecule has 5 nitrogen and oxygen atoms in total. The summed E-state index contributed by atoms with van der Waals surface area (Å²) in [6.07, 6.45) is -0.406. The number of hydrogen-bond acceptors (Lipinski definition) is 4. The molecule has 0 amide bonds. The first kappa shape index (κ1) is 10.9. The lowest BCUT2D eigenvalue weighted by atomic mass is 10.0. The largest absolute Gasteiger partial charge is 0.481 e. The van der Waals surface area contributed by atoms with Gasteiger partial charge in [0.25, 0.3) is 0 Å². The molecule has 0 aromatic carbocycles. The molecule has 12 heavy (non-hydrogen) atoms. The third-order valence-corrected chi connectivity index (χ3v) is 1.45. The number of ether oxygens (including phenoxy) is 1. The highest BCUT2D eigenvalue weighted by atomic mass is 16.5. The van der Waals surface area contributed by atoms with Crippen LogP contribution in [0.15, 0.2) is 0 Å². The zero-order chi connectivity index (χ0) is 9.78. The van der Waals surface area contributed by atoms with Gasteiger partial charge in [0, 0.05) is 6.42 Å². The van der Waals surface area contributed by atoms with Crippen LogP contribution in [0.3, 0.4) is 0 Å². The summed E-state index contributed by atoms with van der Waals surface area (Å²) in [4.78, 5) is 20.9. The number of carboxylic acids is 1. The number of hydrogen-bond donors (Lipinski definition) is 2. The van der Waals surface area contributed by atoms with Crippen LogP contribution in [0.1, 0.15) is 19.8 Å². The van der Waals surface area contributed by atoms with Crippen molar-refractivity contribution in [2.24, 2.45) is 0 Å². The predicted octanol–water partition coefficient (Wildman–Crippen LogP) is -0.225. The van der Waals surface area contributed by atoms with E-state index >= 15 is 0 Å². The molecule has 0 saturated heterocycles. The van der Waals surface area contributed by atoms with Crippen LogP contribution >= 0.6 is 0 Å². The van der Waals surface area contributed by atoms with Gasteiger partial charge in [0.05, 0.1) is 7.11 Å². The second-order valence-electron chi connectivity index (χ2n) is 2.66. The van der Waals surface area contributed by atoms with E-state index in [0.29, 0.717) is 0 Å². The first-order valence-electron chi connectivity index (χ1n) is 3.42. The van der Waals surface area contributed by atoms with Crippen LogP contribution in [0.4, 0.5) is 0 Å². The topological polar surface area (TPSA) is 83.8 Å². The molecule has 0 heterocycles. The zero-order valence-corrected chi connectivity index (χ0v) is 7.03. The number of methoxy groups -OCH3 is 1. The Bertz CT molecular complexity index is 184. The van der Waals surface area contributed by atoms with Gasteiger partial charge in [-0.15, -0.1) is 0 Å². The van der Waals surface area contributed by atoms with Crippen molar-refractivity contribution in [3.8, 4) is 0 Å². The summed E-state index contributed by atoms with van der Waals surface area (Å²) in [6, 6.07) is 0. The van der Waals surface area contributed by atoms with Gasteiger partial charge in [-0.05, 0) is 13.3 Å². The first-order valence-corrected chi connectivity index (χ1v) is 3.42. The van der Waals surface area contributed by atoms with E-state index in [1.165, 1.54) is 6.92 Å². The van der Waals surface area contributed by atoms with E-state index in [9.17, 15) is 14.7 Å². The minimum Gasteiger partial charge on any atom is -0.481 e. The maximum atomic E-state index is 10.8. The Morgan fingerprint density at radius 3 is 2.33 bits per heavy atom. The molecule has 0 saturated carbocycles. The van der Waals surface area contributed by atoms with Crippen molar-refractivity contribution in [1.82, 2.24) is 0 Å². The fourth-order valence-corrected chi connectivity index (χ4v) is 0.672. The highest BCUT2D eigenvalue weighted by Gasteiger charge is 2.31. The van der Waals surface area contributed by atoms with Crippen LogP contribution in [0.2, 0.25) is 0 Å². The van der Waals surface area contributed by atoms with Gasteiger partial charge in [-0.2, -0.15) is 0 Å². The molecule has 70 valence electrons. The summed E-state index contributed by atoms with van der Waals surface area (Å²) < 4.78 is 4.27. The molecule has 1 atom stereocenters. The van der Waals surface area contributed by atoms with Crippen LogP contribution in [0, 0.1) is 0 Å². The molecule has 0 rings (SSSR count). The molecular weight excluding hydrogens is 164 g/mol. The maximum absolute atomic E-state index is 10.8. The highest BCUT2D eigenvalue weighted by molar-refractivity contribution is 5.79. The number of esters is 1. The average Bonchev–Trinajstić information content (AvgIpc) is 1.99. The van der Waals surface area contributed by atoms with Gasteiger partial charge in [0.15, 0.2) is 5.60 Å². The molecule has 0 aromatic rings. The zero-order valence-electron chi connectivity index (χ0n) is 7.03. The van der Waals surface area contributed by atoms with Gasteiger partial charge >= 0.3 is 11.9 Å². The smallest absolute Gasteiger partial charge is 0.337 e. The van der Waals surface area contributed by atoms with Gasteiger partial charge in [-0.25, -0.2) is 4.79 Å². The van der Waals surface area contributed by atoms with E-state index in [0.717, 1.165) is 7.11 Å². The molecular formula is C7H12O5. The lowest BCUT2D eigenvalue weighted by molar-refractivity contribution is -0.161. The molecule has 1 unspecified atom stereocenters. The molecule has 2 N–H and O–H groups in total. The molecule has 0 aliphatic rings. The van der Waals surface area contributed by atoms with Crippen LogP contribution in [0.5, 0.6) is 0 Å². The van der Waals surface area contributed by atoms with Crippen LogP contribution < -0.4 is 0 Å². The molecule has 0 aromatic heterocycles. The van der Waals surface area contributed by atoms with Crippen molar-refractivity contribution in [2.75, 3.05) is 7.11 Å². The quantitative estimate of drug-likeness (QED) is 0.578. The third kappa shape index (κ3) is 3.34. The van der Waals surface area contributed by atoms with E-state index in [2.05, 4.69) is 4.74 Å². The van der Waals surface area contributed by atoms with Gasteiger partial charge in [0.2, 0.25) is 0 Å². The van der Waals surface area contributed by atoms with Crippen molar-refractivity contribution < 1.29 is 24.5 Å². The van der Waals surface area contributed by atoms with Crippen molar-refractivity contribution in [2.45, 2.75) is 25.4 Å². The Kier molecular flexibility index (Phi) is 3.69. The summed E-state index contributed by atoms with van der Waals surface area (Å²) in [5, 5.41) is 17.6.